The van der Waals surface area contributed by atoms with Gasteiger partial charge in [0.25, 0.3) is 0 Å². The van der Waals surface area contributed by atoms with Gasteiger partial charge in [-0.2, -0.15) is 0 Å². The minimum Gasteiger partial charge on any atom is -0.464 e. The molecule has 0 N–H and O–H groups in total. The number of ether oxygens (including phenoxy) is 2. The maximum atomic E-state index is 15.2. The number of piperidine rings is 1. The zero-order valence-corrected chi connectivity index (χ0v) is 19.3. The van der Waals surface area contributed by atoms with Crippen molar-refractivity contribution < 1.29 is 18.7 Å². The zero-order valence-electron chi connectivity index (χ0n) is 19.3. The first kappa shape index (κ1) is 23.6. The molecule has 0 unspecified atom stereocenters. The number of halogens is 1. The van der Waals surface area contributed by atoms with Crippen LogP contribution in [0.15, 0.2) is 73.1 Å². The van der Waals surface area contributed by atoms with Crippen LogP contribution in [-0.4, -0.2) is 54.5 Å². The minimum atomic E-state index is -1.48. The maximum absolute atomic E-state index is 15.2. The summed E-state index contributed by atoms with van der Waals surface area (Å²) < 4.78 is 25.3. The number of para-hydroxylation sites is 2. The van der Waals surface area contributed by atoms with Gasteiger partial charge in [-0.05, 0) is 31.2 Å². The Labute approximate surface area is 199 Å². The number of esters is 1. The van der Waals surface area contributed by atoms with Crippen molar-refractivity contribution in [2.45, 2.75) is 25.4 Å². The molecule has 0 radical (unpaired) electrons. The van der Waals surface area contributed by atoms with Crippen LogP contribution < -0.4 is 9.80 Å². The van der Waals surface area contributed by atoms with Crippen LogP contribution in [0, 0.1) is 0 Å². The summed E-state index contributed by atoms with van der Waals surface area (Å²) in [7, 11) is 0. The van der Waals surface area contributed by atoms with Crippen molar-refractivity contribution in [3.63, 3.8) is 0 Å². The number of alkyl halides is 1. The summed E-state index contributed by atoms with van der Waals surface area (Å²) in [5, 5.41) is 0. The molecule has 0 spiro atoms. The highest BCUT2D eigenvalue weighted by molar-refractivity contribution is 5.74. The van der Waals surface area contributed by atoms with Gasteiger partial charge in [0.1, 0.15) is 18.1 Å². The molecular formula is C26H29FN4O3. The number of anilines is 4. The lowest BCUT2D eigenvalue weighted by Gasteiger charge is -2.37. The van der Waals surface area contributed by atoms with Crippen molar-refractivity contribution in [1.29, 1.82) is 0 Å². The number of carbonyl (C=O) groups is 1. The van der Waals surface area contributed by atoms with E-state index in [9.17, 15) is 4.79 Å². The Balaban J connectivity index is 1.46. The van der Waals surface area contributed by atoms with Crippen molar-refractivity contribution in [2.75, 3.05) is 42.7 Å². The fourth-order valence-corrected chi connectivity index (χ4v) is 3.97. The second-order valence-corrected chi connectivity index (χ2v) is 8.18. The SMILES string of the molecule is CCOC(=O)COCC1(F)CCN(c2cncc(N(c3ccccc3)c3ccccc3)n2)CC1. The van der Waals surface area contributed by atoms with Crippen LogP contribution in [-0.2, 0) is 14.3 Å². The van der Waals surface area contributed by atoms with E-state index in [1.165, 1.54) is 0 Å². The van der Waals surface area contributed by atoms with Crippen LogP contribution in [0.2, 0.25) is 0 Å². The first-order chi connectivity index (χ1) is 16.6. The molecule has 0 atom stereocenters. The fraction of sp³-hybridized carbons (Fsp3) is 0.346. The normalized spacial score (nSPS) is 15.1. The Kier molecular flexibility index (Phi) is 7.69. The van der Waals surface area contributed by atoms with Crippen LogP contribution in [0.4, 0.5) is 27.4 Å². The number of hydrogen-bond donors (Lipinski definition) is 0. The van der Waals surface area contributed by atoms with E-state index in [0.29, 0.717) is 24.7 Å². The molecule has 0 bridgehead atoms. The lowest BCUT2D eigenvalue weighted by atomic mass is 9.94. The highest BCUT2D eigenvalue weighted by atomic mass is 19.1. The lowest BCUT2D eigenvalue weighted by molar-refractivity contribution is -0.150. The molecule has 178 valence electrons. The van der Waals surface area contributed by atoms with E-state index in [-0.39, 0.29) is 32.7 Å². The van der Waals surface area contributed by atoms with Crippen LogP contribution >= 0.6 is 0 Å². The predicted octanol–water partition coefficient (Wildman–Crippen LogP) is 4.83. The molecule has 8 heteroatoms. The predicted molar refractivity (Wildman–Crippen MR) is 129 cm³/mol. The van der Waals surface area contributed by atoms with Crippen LogP contribution in [0.25, 0.3) is 0 Å². The number of aromatic nitrogens is 2. The summed E-state index contributed by atoms with van der Waals surface area (Å²) >= 11 is 0. The number of benzene rings is 2. The second kappa shape index (κ2) is 11.1. The number of carbonyl (C=O) groups excluding carboxylic acids is 1. The van der Waals surface area contributed by atoms with Crippen molar-refractivity contribution >= 4 is 29.0 Å². The summed E-state index contributed by atoms with van der Waals surface area (Å²) in [5.41, 5.74) is 0.467. The summed E-state index contributed by atoms with van der Waals surface area (Å²) in [6, 6.07) is 20.0. The topological polar surface area (TPSA) is 67.8 Å². The lowest BCUT2D eigenvalue weighted by Crippen LogP contribution is -2.45. The van der Waals surface area contributed by atoms with Gasteiger partial charge in [0.05, 0.1) is 25.6 Å². The number of nitrogens with zero attached hydrogens (tertiary/aromatic N) is 4. The molecule has 34 heavy (non-hydrogen) atoms. The molecule has 0 aliphatic carbocycles. The fourth-order valence-electron chi connectivity index (χ4n) is 3.97. The summed E-state index contributed by atoms with van der Waals surface area (Å²) in [4.78, 5) is 24.8. The zero-order chi connectivity index (χ0) is 23.8. The van der Waals surface area contributed by atoms with E-state index in [1.54, 1.807) is 19.3 Å². The molecule has 1 saturated heterocycles. The van der Waals surface area contributed by atoms with Crippen molar-refractivity contribution in [2.24, 2.45) is 0 Å². The van der Waals surface area contributed by atoms with Crippen molar-refractivity contribution in [3.05, 3.63) is 73.1 Å². The Morgan fingerprint density at radius 3 is 2.24 bits per heavy atom. The monoisotopic (exact) mass is 464 g/mol. The maximum Gasteiger partial charge on any atom is 0.332 e. The summed E-state index contributed by atoms with van der Waals surface area (Å²) in [5.74, 6) is 0.908. The second-order valence-electron chi connectivity index (χ2n) is 8.18. The molecule has 3 aromatic rings. The molecule has 7 nitrogen and oxygen atoms in total. The van der Waals surface area contributed by atoms with E-state index < -0.39 is 11.6 Å². The van der Waals surface area contributed by atoms with Gasteiger partial charge in [-0.25, -0.2) is 14.2 Å². The Bertz CT molecular complexity index is 1020. The van der Waals surface area contributed by atoms with E-state index in [0.717, 1.165) is 11.4 Å². The highest BCUT2D eigenvalue weighted by Crippen LogP contribution is 2.34. The smallest absolute Gasteiger partial charge is 0.332 e. The van der Waals surface area contributed by atoms with Gasteiger partial charge in [0, 0.05) is 37.3 Å². The number of rotatable bonds is 9. The quantitative estimate of drug-likeness (QED) is 0.420. The number of hydrogen-bond acceptors (Lipinski definition) is 7. The standard InChI is InChI=1S/C26H29FN4O3/c1-2-34-25(32)19-33-20-26(27)13-15-30(16-14-26)23-17-28-18-24(29-23)31(21-9-5-3-6-10-21)22-11-7-4-8-12-22/h3-12,17-18H,2,13-16,19-20H2,1H3. The highest BCUT2D eigenvalue weighted by Gasteiger charge is 2.35. The molecular weight excluding hydrogens is 435 g/mol. The van der Waals surface area contributed by atoms with Gasteiger partial charge in [0.2, 0.25) is 0 Å². The third kappa shape index (κ3) is 5.88. The molecule has 1 aromatic heterocycles. The van der Waals surface area contributed by atoms with E-state index >= 15 is 4.39 Å². The van der Waals surface area contributed by atoms with Gasteiger partial charge in [0.15, 0.2) is 5.82 Å². The van der Waals surface area contributed by atoms with Crippen molar-refractivity contribution in [1.82, 2.24) is 9.97 Å². The summed E-state index contributed by atoms with van der Waals surface area (Å²) in [6.07, 6.45) is 4.00. The van der Waals surface area contributed by atoms with Gasteiger partial charge < -0.3 is 14.4 Å². The van der Waals surface area contributed by atoms with Crippen LogP contribution in [0.3, 0.4) is 0 Å². The molecule has 0 amide bonds. The molecule has 1 aliphatic heterocycles. The van der Waals surface area contributed by atoms with E-state index in [1.807, 2.05) is 70.5 Å². The van der Waals surface area contributed by atoms with E-state index in [2.05, 4.69) is 4.98 Å². The van der Waals surface area contributed by atoms with Gasteiger partial charge in [-0.3, -0.25) is 9.88 Å². The Morgan fingerprint density at radius 2 is 1.65 bits per heavy atom. The average molecular weight is 465 g/mol. The average Bonchev–Trinajstić information content (AvgIpc) is 2.86. The Hall–Kier alpha value is -3.52. The van der Waals surface area contributed by atoms with Crippen LogP contribution in [0.1, 0.15) is 19.8 Å². The first-order valence-corrected chi connectivity index (χ1v) is 11.5. The Morgan fingerprint density at radius 1 is 1.03 bits per heavy atom. The molecule has 4 rings (SSSR count). The molecule has 2 heterocycles. The van der Waals surface area contributed by atoms with Crippen LogP contribution in [0.5, 0.6) is 0 Å². The van der Waals surface area contributed by atoms with Gasteiger partial charge in [-0.1, -0.05) is 36.4 Å². The largest absolute Gasteiger partial charge is 0.464 e. The van der Waals surface area contributed by atoms with Crippen molar-refractivity contribution in [3.8, 4) is 0 Å². The van der Waals surface area contributed by atoms with Gasteiger partial charge in [-0.15, -0.1) is 0 Å². The first-order valence-electron chi connectivity index (χ1n) is 11.5. The summed E-state index contributed by atoms with van der Waals surface area (Å²) in [6.45, 7) is 2.61. The molecule has 1 aliphatic rings. The van der Waals surface area contributed by atoms with Gasteiger partial charge >= 0.3 is 5.97 Å². The molecule has 2 aromatic carbocycles. The minimum absolute atomic E-state index is 0.124. The third-order valence-electron chi connectivity index (χ3n) is 5.74. The molecule has 1 fully saturated rings. The molecule has 0 saturated carbocycles. The van der Waals surface area contributed by atoms with E-state index in [4.69, 9.17) is 14.5 Å². The third-order valence-corrected chi connectivity index (χ3v) is 5.74.